The molecule has 2 aliphatic rings. The van der Waals surface area contributed by atoms with Crippen molar-refractivity contribution in [2.75, 3.05) is 0 Å². The van der Waals surface area contributed by atoms with Crippen LogP contribution in [0.15, 0.2) is 48.5 Å². The molecule has 1 spiro atoms. The first-order valence-corrected chi connectivity index (χ1v) is 10.5. The number of nitrogens with one attached hydrogen (secondary N) is 2. The molecule has 164 valence electrons. The Kier molecular flexibility index (Phi) is 5.91. The first kappa shape index (κ1) is 21.5. The largest absolute Gasteiger partial charge is 0.334 e. The summed E-state index contributed by atoms with van der Waals surface area (Å²) in [6.07, 6.45) is 1.73. The number of rotatable bonds is 5. The minimum atomic E-state index is -0.922. The summed E-state index contributed by atoms with van der Waals surface area (Å²) in [4.78, 5) is 38.9. The second-order valence-electron chi connectivity index (χ2n) is 8.40. The molecule has 4 rings (SSSR count). The first-order valence-electron chi connectivity index (χ1n) is 10.5. The van der Waals surface area contributed by atoms with Crippen LogP contribution in [0.1, 0.15) is 42.4 Å². The van der Waals surface area contributed by atoms with Gasteiger partial charge in [-0.3, -0.25) is 14.9 Å². The van der Waals surface area contributed by atoms with Crippen LogP contribution in [0.25, 0.3) is 0 Å². The highest BCUT2D eigenvalue weighted by atomic mass is 19.1. The number of nitriles is 1. The van der Waals surface area contributed by atoms with Gasteiger partial charge < -0.3 is 10.2 Å². The molecule has 4 amide bonds. The van der Waals surface area contributed by atoms with E-state index in [9.17, 15) is 18.8 Å². The number of carbonyl (C=O) groups is 3. The second kappa shape index (κ2) is 8.79. The molecule has 0 atom stereocenters. The van der Waals surface area contributed by atoms with E-state index in [2.05, 4.69) is 16.7 Å². The minimum absolute atomic E-state index is 0.0711. The fraction of sp³-hybridized carbons (Fsp3) is 0.333. The lowest BCUT2D eigenvalue weighted by Gasteiger charge is -2.36. The summed E-state index contributed by atoms with van der Waals surface area (Å²) in [5.41, 5.74) is 1.16. The van der Waals surface area contributed by atoms with Crippen molar-refractivity contribution >= 4 is 17.8 Å². The van der Waals surface area contributed by atoms with E-state index in [1.165, 1.54) is 12.1 Å². The zero-order chi connectivity index (χ0) is 22.7. The molecule has 2 fully saturated rings. The lowest BCUT2D eigenvalue weighted by molar-refractivity contribution is -0.139. The molecule has 1 heterocycles. The smallest absolute Gasteiger partial charge is 0.322 e. The molecule has 1 saturated carbocycles. The van der Waals surface area contributed by atoms with Gasteiger partial charge in [-0.25, -0.2) is 9.18 Å². The summed E-state index contributed by atoms with van der Waals surface area (Å²) < 4.78 is 13.7. The number of amides is 4. The van der Waals surface area contributed by atoms with Crippen molar-refractivity contribution in [1.29, 1.82) is 5.26 Å². The number of nitrogens with zero attached hydrogens (tertiary/aromatic N) is 2. The third-order valence-corrected chi connectivity index (χ3v) is 6.23. The van der Waals surface area contributed by atoms with Gasteiger partial charge in [0.1, 0.15) is 11.4 Å². The van der Waals surface area contributed by atoms with Gasteiger partial charge in [0.2, 0.25) is 5.91 Å². The average molecular weight is 434 g/mol. The zero-order valence-corrected chi connectivity index (χ0v) is 17.4. The van der Waals surface area contributed by atoms with Crippen LogP contribution in [0.2, 0.25) is 0 Å². The van der Waals surface area contributed by atoms with Gasteiger partial charge in [-0.2, -0.15) is 5.26 Å². The molecule has 0 radical (unpaired) electrons. The maximum Gasteiger partial charge on any atom is 0.322 e. The van der Waals surface area contributed by atoms with Gasteiger partial charge in [0, 0.05) is 19.0 Å². The van der Waals surface area contributed by atoms with Crippen LogP contribution in [0.4, 0.5) is 9.18 Å². The summed E-state index contributed by atoms with van der Waals surface area (Å²) in [5.74, 6) is -1.06. The summed E-state index contributed by atoms with van der Waals surface area (Å²) in [7, 11) is 0. The van der Waals surface area contributed by atoms with Crippen molar-refractivity contribution in [2.24, 2.45) is 5.92 Å². The van der Waals surface area contributed by atoms with Crippen LogP contribution in [0.5, 0.6) is 0 Å². The molecule has 32 heavy (non-hydrogen) atoms. The van der Waals surface area contributed by atoms with Crippen molar-refractivity contribution in [3.8, 4) is 6.07 Å². The first-order chi connectivity index (χ1) is 15.4. The van der Waals surface area contributed by atoms with Gasteiger partial charge in [0.25, 0.3) is 5.91 Å². The summed E-state index contributed by atoms with van der Waals surface area (Å²) in [5, 5.41) is 14.0. The monoisotopic (exact) mass is 434 g/mol. The topological polar surface area (TPSA) is 102 Å². The van der Waals surface area contributed by atoms with E-state index in [0.717, 1.165) is 5.56 Å². The Bertz CT molecular complexity index is 1090. The van der Waals surface area contributed by atoms with Crippen molar-refractivity contribution in [3.05, 3.63) is 71.0 Å². The standard InChI is InChI=1S/C24H23FN4O3/c25-20-3-1-2-18(12-20)15-29(14-17-6-4-16(13-26)5-7-17)21(30)19-8-10-24(11-9-19)22(31)27-23(32)28-24/h1-7,12,19H,8-11,14-15H2,(H2,27,28,31,32). The summed E-state index contributed by atoms with van der Waals surface area (Å²) in [6.45, 7) is 0.565. The van der Waals surface area contributed by atoms with Crippen molar-refractivity contribution in [2.45, 2.75) is 44.3 Å². The highest BCUT2D eigenvalue weighted by Crippen LogP contribution is 2.35. The predicted octanol–water partition coefficient (Wildman–Crippen LogP) is 2.99. The lowest BCUT2D eigenvalue weighted by Crippen LogP contribution is -2.51. The van der Waals surface area contributed by atoms with Crippen LogP contribution < -0.4 is 10.6 Å². The maximum atomic E-state index is 13.7. The molecular weight excluding hydrogens is 411 g/mol. The summed E-state index contributed by atoms with van der Waals surface area (Å²) in [6, 6.07) is 14.7. The molecule has 1 aliphatic heterocycles. The van der Waals surface area contributed by atoms with Gasteiger partial charge in [0.05, 0.1) is 11.6 Å². The average Bonchev–Trinajstić information content (AvgIpc) is 3.06. The number of carbonyl (C=O) groups excluding carboxylic acids is 3. The van der Waals surface area contributed by atoms with Crippen molar-refractivity contribution < 1.29 is 18.8 Å². The number of imide groups is 1. The Morgan fingerprint density at radius 1 is 1.09 bits per heavy atom. The third-order valence-electron chi connectivity index (χ3n) is 6.23. The van der Waals surface area contributed by atoms with Crippen LogP contribution in [0.3, 0.4) is 0 Å². The Hall–Kier alpha value is -3.73. The van der Waals surface area contributed by atoms with E-state index < -0.39 is 11.6 Å². The lowest BCUT2D eigenvalue weighted by atomic mass is 9.76. The quantitative estimate of drug-likeness (QED) is 0.706. The van der Waals surface area contributed by atoms with Gasteiger partial charge in [0.15, 0.2) is 0 Å². The van der Waals surface area contributed by atoms with Gasteiger partial charge in [-0.05, 0) is 61.1 Å². The molecule has 7 nitrogen and oxygen atoms in total. The predicted molar refractivity (Wildman–Crippen MR) is 113 cm³/mol. The molecule has 0 unspecified atom stereocenters. The van der Waals surface area contributed by atoms with Gasteiger partial charge in [-0.1, -0.05) is 24.3 Å². The highest BCUT2D eigenvalue weighted by molar-refractivity contribution is 6.07. The van der Waals surface area contributed by atoms with E-state index in [1.807, 2.05) is 0 Å². The van der Waals surface area contributed by atoms with Crippen LogP contribution in [-0.2, 0) is 22.7 Å². The van der Waals surface area contributed by atoms with E-state index in [-0.39, 0.29) is 30.1 Å². The Balaban J connectivity index is 1.50. The minimum Gasteiger partial charge on any atom is -0.334 e. The fourth-order valence-corrected chi connectivity index (χ4v) is 4.47. The second-order valence-corrected chi connectivity index (χ2v) is 8.40. The van der Waals surface area contributed by atoms with Crippen LogP contribution in [0, 0.1) is 23.1 Å². The van der Waals surface area contributed by atoms with Gasteiger partial charge in [-0.15, -0.1) is 0 Å². The van der Waals surface area contributed by atoms with E-state index in [1.54, 1.807) is 41.3 Å². The SMILES string of the molecule is N#Cc1ccc(CN(Cc2cccc(F)c2)C(=O)C2CCC3(CC2)NC(=O)NC3=O)cc1. The summed E-state index contributed by atoms with van der Waals surface area (Å²) >= 11 is 0. The molecule has 2 N–H and O–H groups in total. The molecule has 2 aromatic rings. The molecule has 1 aliphatic carbocycles. The van der Waals surface area contributed by atoms with E-state index in [0.29, 0.717) is 43.4 Å². The molecule has 1 saturated heterocycles. The number of urea groups is 1. The number of halogens is 1. The fourth-order valence-electron chi connectivity index (χ4n) is 4.47. The van der Waals surface area contributed by atoms with Crippen molar-refractivity contribution in [1.82, 2.24) is 15.5 Å². The van der Waals surface area contributed by atoms with E-state index in [4.69, 9.17) is 5.26 Å². The molecule has 0 bridgehead atoms. The van der Waals surface area contributed by atoms with Crippen molar-refractivity contribution in [3.63, 3.8) is 0 Å². The zero-order valence-electron chi connectivity index (χ0n) is 17.4. The highest BCUT2D eigenvalue weighted by Gasteiger charge is 2.49. The van der Waals surface area contributed by atoms with E-state index >= 15 is 0 Å². The number of hydrogen-bond donors (Lipinski definition) is 2. The number of hydrogen-bond acceptors (Lipinski definition) is 4. The molecule has 2 aromatic carbocycles. The third kappa shape index (κ3) is 4.47. The normalized spacial score (nSPS) is 22.2. The maximum absolute atomic E-state index is 13.7. The molecule has 8 heteroatoms. The van der Waals surface area contributed by atoms with Crippen LogP contribution in [-0.4, -0.2) is 28.3 Å². The molecular formula is C24H23FN4O3. The van der Waals surface area contributed by atoms with Gasteiger partial charge >= 0.3 is 6.03 Å². The van der Waals surface area contributed by atoms with Crippen LogP contribution >= 0.6 is 0 Å². The Labute approximate surface area is 185 Å². The number of benzene rings is 2. The molecule has 0 aromatic heterocycles. The Morgan fingerprint density at radius 2 is 1.78 bits per heavy atom. The Morgan fingerprint density at radius 3 is 2.38 bits per heavy atom.